The van der Waals surface area contributed by atoms with E-state index in [4.69, 9.17) is 22.1 Å². The quantitative estimate of drug-likeness (QED) is 0.897. The maximum absolute atomic E-state index is 11.6. The molecule has 1 atom stereocenters. The average Bonchev–Trinajstić information content (AvgIpc) is 2.59. The Morgan fingerprint density at radius 2 is 2.21 bits per heavy atom. The molecule has 0 aromatic carbocycles. The summed E-state index contributed by atoms with van der Waals surface area (Å²) in [6.07, 6.45) is -0.435. The van der Waals surface area contributed by atoms with E-state index in [9.17, 15) is 4.79 Å². The third-order valence-corrected chi connectivity index (χ3v) is 4.35. The fourth-order valence-electron chi connectivity index (χ4n) is 1.53. The zero-order valence-corrected chi connectivity index (χ0v) is 13.3. The number of rotatable bonds is 4. The fraction of sp³-hybridized carbons (Fsp3) is 0.615. The number of thiophene rings is 1. The molecule has 6 heteroatoms. The lowest BCUT2D eigenvalue weighted by Gasteiger charge is -2.21. The van der Waals surface area contributed by atoms with E-state index in [1.165, 1.54) is 0 Å². The summed E-state index contributed by atoms with van der Waals surface area (Å²) in [5.74, 6) is 0.0127. The van der Waals surface area contributed by atoms with Gasteiger partial charge in [-0.1, -0.05) is 11.6 Å². The summed E-state index contributed by atoms with van der Waals surface area (Å²) >= 11 is 7.78. The molecule has 1 heterocycles. The first-order valence-corrected chi connectivity index (χ1v) is 7.40. The van der Waals surface area contributed by atoms with Crippen LogP contribution in [0, 0.1) is 6.92 Å². The van der Waals surface area contributed by atoms with Crippen LogP contribution in [-0.4, -0.2) is 24.8 Å². The van der Waals surface area contributed by atoms with Crippen LogP contribution in [0.4, 0.5) is 4.79 Å². The van der Waals surface area contributed by atoms with E-state index in [1.54, 1.807) is 11.3 Å². The predicted molar refractivity (Wildman–Crippen MR) is 80.1 cm³/mol. The topological polar surface area (TPSA) is 64.3 Å². The van der Waals surface area contributed by atoms with Crippen molar-refractivity contribution in [1.29, 1.82) is 0 Å². The molecular formula is C13H21ClN2O2S. The maximum Gasteiger partial charge on any atom is 0.407 e. The van der Waals surface area contributed by atoms with Crippen LogP contribution in [0.2, 0.25) is 5.02 Å². The van der Waals surface area contributed by atoms with Gasteiger partial charge in [0.05, 0.1) is 5.02 Å². The van der Waals surface area contributed by atoms with Crippen molar-refractivity contribution < 1.29 is 9.53 Å². The molecule has 108 valence electrons. The van der Waals surface area contributed by atoms with Crippen molar-refractivity contribution in [2.24, 2.45) is 5.73 Å². The van der Waals surface area contributed by atoms with Gasteiger partial charge in [0.15, 0.2) is 0 Å². The molecule has 0 spiro atoms. The third-order valence-electron chi connectivity index (χ3n) is 2.47. The second kappa shape index (κ2) is 6.59. The van der Waals surface area contributed by atoms with Gasteiger partial charge < -0.3 is 15.8 Å². The molecule has 0 saturated carbocycles. The number of halogens is 1. The number of alkyl carbamates (subject to hydrolysis) is 1. The van der Waals surface area contributed by atoms with Gasteiger partial charge in [-0.15, -0.1) is 11.3 Å². The standard InChI is InChI=1S/C13H21ClN2O2S/c1-8-7-19-11(10(8)14)9(5-15)6-16-12(17)18-13(2,3)4/h7,9H,5-6,15H2,1-4H3,(H,16,17). The van der Waals surface area contributed by atoms with Crippen LogP contribution >= 0.6 is 22.9 Å². The SMILES string of the molecule is Cc1csc(C(CN)CNC(=O)OC(C)(C)C)c1Cl. The molecule has 0 aliphatic carbocycles. The van der Waals surface area contributed by atoms with Gasteiger partial charge in [0.1, 0.15) is 5.60 Å². The minimum atomic E-state index is -0.501. The van der Waals surface area contributed by atoms with Crippen molar-refractivity contribution >= 4 is 29.0 Å². The summed E-state index contributed by atoms with van der Waals surface area (Å²) < 4.78 is 5.18. The number of ether oxygens (including phenoxy) is 1. The van der Waals surface area contributed by atoms with Crippen molar-refractivity contribution in [2.75, 3.05) is 13.1 Å². The lowest BCUT2D eigenvalue weighted by atomic mass is 10.1. The van der Waals surface area contributed by atoms with Crippen molar-refractivity contribution in [1.82, 2.24) is 5.32 Å². The van der Waals surface area contributed by atoms with E-state index >= 15 is 0 Å². The van der Waals surface area contributed by atoms with E-state index in [1.807, 2.05) is 33.1 Å². The van der Waals surface area contributed by atoms with Gasteiger partial charge in [-0.25, -0.2) is 4.79 Å². The number of nitrogens with two attached hydrogens (primary N) is 1. The maximum atomic E-state index is 11.6. The van der Waals surface area contributed by atoms with Crippen LogP contribution in [0.3, 0.4) is 0 Å². The van der Waals surface area contributed by atoms with Gasteiger partial charge in [-0.3, -0.25) is 0 Å². The molecule has 1 aromatic heterocycles. The van der Waals surface area contributed by atoms with E-state index in [0.717, 1.165) is 15.5 Å². The van der Waals surface area contributed by atoms with Crippen molar-refractivity contribution in [2.45, 2.75) is 39.2 Å². The Labute approximate surface area is 123 Å². The number of amides is 1. The molecule has 0 radical (unpaired) electrons. The smallest absolute Gasteiger partial charge is 0.407 e. The minimum Gasteiger partial charge on any atom is -0.444 e. The monoisotopic (exact) mass is 304 g/mol. The number of nitrogens with one attached hydrogen (secondary N) is 1. The molecule has 0 saturated heterocycles. The van der Waals surface area contributed by atoms with E-state index in [-0.39, 0.29) is 5.92 Å². The summed E-state index contributed by atoms with van der Waals surface area (Å²) in [5, 5.41) is 5.47. The van der Waals surface area contributed by atoms with Crippen LogP contribution < -0.4 is 11.1 Å². The van der Waals surface area contributed by atoms with Gasteiger partial charge in [0.2, 0.25) is 0 Å². The molecule has 1 amide bonds. The Hall–Kier alpha value is -0.780. The molecule has 1 unspecified atom stereocenters. The molecule has 0 aliphatic heterocycles. The van der Waals surface area contributed by atoms with Crippen LogP contribution in [0.5, 0.6) is 0 Å². The first kappa shape index (κ1) is 16.3. The van der Waals surface area contributed by atoms with E-state index < -0.39 is 11.7 Å². The second-order valence-electron chi connectivity index (χ2n) is 5.41. The van der Waals surface area contributed by atoms with E-state index in [2.05, 4.69) is 5.32 Å². The Balaban J connectivity index is 2.59. The highest BCUT2D eigenvalue weighted by Crippen LogP contribution is 2.32. The van der Waals surface area contributed by atoms with Gasteiger partial charge in [0.25, 0.3) is 0 Å². The molecule has 0 bridgehead atoms. The molecule has 3 N–H and O–H groups in total. The molecule has 0 aliphatic rings. The van der Waals surface area contributed by atoms with Crippen LogP contribution in [-0.2, 0) is 4.74 Å². The third kappa shape index (κ3) is 5.01. The predicted octanol–water partition coefficient (Wildman–Crippen LogP) is 3.28. The Morgan fingerprint density at radius 3 is 2.63 bits per heavy atom. The fourth-order valence-corrected chi connectivity index (χ4v) is 2.99. The molecule has 1 aromatic rings. The van der Waals surface area contributed by atoms with Crippen LogP contribution in [0.15, 0.2) is 5.38 Å². The van der Waals surface area contributed by atoms with Gasteiger partial charge in [-0.2, -0.15) is 0 Å². The summed E-state index contributed by atoms with van der Waals surface area (Å²) in [5.41, 5.74) is 6.29. The van der Waals surface area contributed by atoms with Crippen molar-refractivity contribution in [3.05, 3.63) is 20.8 Å². The first-order chi connectivity index (χ1) is 8.74. The highest BCUT2D eigenvalue weighted by molar-refractivity contribution is 7.10. The molecule has 0 fully saturated rings. The Morgan fingerprint density at radius 1 is 1.58 bits per heavy atom. The summed E-state index contributed by atoms with van der Waals surface area (Å²) in [7, 11) is 0. The van der Waals surface area contributed by atoms with Gasteiger partial charge in [0, 0.05) is 23.9 Å². The zero-order valence-electron chi connectivity index (χ0n) is 11.7. The van der Waals surface area contributed by atoms with Crippen LogP contribution in [0.1, 0.15) is 37.1 Å². The van der Waals surface area contributed by atoms with Crippen LogP contribution in [0.25, 0.3) is 0 Å². The normalized spacial score (nSPS) is 13.2. The van der Waals surface area contributed by atoms with Crippen molar-refractivity contribution in [3.8, 4) is 0 Å². The lowest BCUT2D eigenvalue weighted by molar-refractivity contribution is 0.0525. The average molecular weight is 305 g/mol. The first-order valence-electron chi connectivity index (χ1n) is 6.15. The minimum absolute atomic E-state index is 0.0127. The Bertz CT molecular complexity index is 440. The molecule has 4 nitrogen and oxygen atoms in total. The summed E-state index contributed by atoms with van der Waals surface area (Å²) in [6.45, 7) is 8.28. The molecule has 1 rings (SSSR count). The summed E-state index contributed by atoms with van der Waals surface area (Å²) in [6, 6.07) is 0. The van der Waals surface area contributed by atoms with Gasteiger partial charge >= 0.3 is 6.09 Å². The second-order valence-corrected chi connectivity index (χ2v) is 6.70. The number of hydrogen-bond donors (Lipinski definition) is 2. The number of carbonyl (C=O) groups excluding carboxylic acids is 1. The number of carbonyl (C=O) groups is 1. The highest BCUT2D eigenvalue weighted by atomic mass is 35.5. The zero-order chi connectivity index (χ0) is 14.6. The lowest BCUT2D eigenvalue weighted by Crippen LogP contribution is -2.36. The van der Waals surface area contributed by atoms with Crippen molar-refractivity contribution in [3.63, 3.8) is 0 Å². The largest absolute Gasteiger partial charge is 0.444 e. The van der Waals surface area contributed by atoms with E-state index in [0.29, 0.717) is 13.1 Å². The Kier molecular flexibility index (Phi) is 5.64. The number of aryl methyl sites for hydroxylation is 1. The number of hydrogen-bond acceptors (Lipinski definition) is 4. The highest BCUT2D eigenvalue weighted by Gasteiger charge is 2.20. The van der Waals surface area contributed by atoms with Gasteiger partial charge in [-0.05, 0) is 38.6 Å². The molecule has 19 heavy (non-hydrogen) atoms. The molecular weight excluding hydrogens is 284 g/mol. The summed E-state index contributed by atoms with van der Waals surface area (Å²) in [4.78, 5) is 12.6.